The highest BCUT2D eigenvalue weighted by molar-refractivity contribution is 6.40. The minimum Gasteiger partial charge on any atom is -0.455 e. The number of piperidine rings is 1. The van der Waals surface area contributed by atoms with Gasteiger partial charge in [-0.05, 0) is 68.7 Å². The van der Waals surface area contributed by atoms with Gasteiger partial charge in [0.05, 0.1) is 15.7 Å². The molecule has 2 aromatic carbocycles. The van der Waals surface area contributed by atoms with E-state index in [1.165, 1.54) is 29.5 Å². The van der Waals surface area contributed by atoms with E-state index in [0.717, 1.165) is 18.8 Å². The average Bonchev–Trinajstić information content (AvgIpc) is 2.81. The van der Waals surface area contributed by atoms with Crippen LogP contribution in [0.1, 0.15) is 34.7 Å². The lowest BCUT2D eigenvalue weighted by Gasteiger charge is -2.29. The van der Waals surface area contributed by atoms with Gasteiger partial charge >= 0.3 is 0 Å². The first kappa shape index (κ1) is 21.9. The predicted molar refractivity (Wildman–Crippen MR) is 130 cm³/mol. The number of fused-ring (bicyclic) bond motifs is 1. The van der Waals surface area contributed by atoms with Gasteiger partial charge in [-0.1, -0.05) is 41.4 Å². The van der Waals surface area contributed by atoms with E-state index in [-0.39, 0.29) is 24.1 Å². The fraction of sp³-hybridized carbons (Fsp3) is 0.292. The minimum atomic E-state index is -0.319. The molecule has 0 spiro atoms. The Hall–Kier alpha value is -2.87. The molecule has 0 aliphatic carbocycles. The first-order chi connectivity index (χ1) is 16.0. The molecule has 3 heterocycles. The lowest BCUT2D eigenvalue weighted by Crippen LogP contribution is -2.39. The largest absolute Gasteiger partial charge is 0.455 e. The van der Waals surface area contributed by atoms with Crippen LogP contribution in [0.4, 0.5) is 17.3 Å². The number of amides is 1. The van der Waals surface area contributed by atoms with Crippen molar-refractivity contribution < 1.29 is 9.53 Å². The summed E-state index contributed by atoms with van der Waals surface area (Å²) in [6, 6.07) is 13.4. The Kier molecular flexibility index (Phi) is 6.10. The lowest BCUT2D eigenvalue weighted by atomic mass is 9.89. The predicted octanol–water partition coefficient (Wildman–Crippen LogP) is 5.33. The first-order valence-corrected chi connectivity index (χ1v) is 11.6. The third-order valence-corrected chi connectivity index (χ3v) is 6.73. The number of aromatic nitrogens is 2. The highest BCUT2D eigenvalue weighted by Gasteiger charge is 2.31. The maximum atomic E-state index is 13.0. The maximum absolute atomic E-state index is 13.0. The summed E-state index contributed by atoms with van der Waals surface area (Å²) >= 11 is 12.5. The zero-order valence-corrected chi connectivity index (χ0v) is 19.6. The summed E-state index contributed by atoms with van der Waals surface area (Å²) in [6.07, 6.45) is 3.81. The molecular weight excluding hydrogens is 461 g/mol. The number of anilines is 3. The van der Waals surface area contributed by atoms with Gasteiger partial charge in [0.2, 0.25) is 11.8 Å². The summed E-state index contributed by atoms with van der Waals surface area (Å²) in [5.41, 5.74) is 2.88. The van der Waals surface area contributed by atoms with Crippen molar-refractivity contribution in [2.75, 3.05) is 37.1 Å². The molecule has 1 amide bonds. The van der Waals surface area contributed by atoms with E-state index in [0.29, 0.717) is 27.6 Å². The summed E-state index contributed by atoms with van der Waals surface area (Å²) in [5.74, 6) is 0.863. The summed E-state index contributed by atoms with van der Waals surface area (Å²) < 4.78 is 5.75. The molecule has 3 aromatic rings. The van der Waals surface area contributed by atoms with E-state index in [1.54, 1.807) is 18.2 Å². The fourth-order valence-corrected chi connectivity index (χ4v) is 4.84. The zero-order valence-electron chi connectivity index (χ0n) is 18.1. The topological polar surface area (TPSA) is 70.6 Å². The number of hydrogen-bond donors (Lipinski definition) is 1. The number of likely N-dealkylation sites (tertiary alicyclic amines) is 1. The van der Waals surface area contributed by atoms with Crippen LogP contribution in [0.5, 0.6) is 5.88 Å². The van der Waals surface area contributed by atoms with Gasteiger partial charge in [-0.3, -0.25) is 9.69 Å². The number of hydrogen-bond acceptors (Lipinski definition) is 6. The fourth-order valence-electron chi connectivity index (χ4n) is 4.24. The summed E-state index contributed by atoms with van der Waals surface area (Å²) in [5, 5.41) is 3.92. The Morgan fingerprint density at radius 3 is 2.45 bits per heavy atom. The van der Waals surface area contributed by atoms with E-state index in [4.69, 9.17) is 27.9 Å². The van der Waals surface area contributed by atoms with Crippen LogP contribution in [-0.2, 0) is 0 Å². The van der Waals surface area contributed by atoms with Crippen molar-refractivity contribution >= 4 is 46.4 Å². The molecule has 1 saturated heterocycles. The van der Waals surface area contributed by atoms with Crippen molar-refractivity contribution in [3.63, 3.8) is 0 Å². The number of para-hydroxylation sites is 1. The van der Waals surface area contributed by atoms with Crippen LogP contribution in [0.15, 0.2) is 48.7 Å². The number of halogens is 2. The van der Waals surface area contributed by atoms with Crippen molar-refractivity contribution in [2.45, 2.75) is 18.8 Å². The molecule has 2 aliphatic rings. The number of carbonyl (C=O) groups excluding carboxylic acids is 1. The molecule has 7 nitrogen and oxygen atoms in total. The molecule has 170 valence electrons. The number of rotatable bonds is 4. The van der Waals surface area contributed by atoms with E-state index < -0.39 is 0 Å². The molecule has 1 fully saturated rings. The Labute approximate surface area is 202 Å². The van der Waals surface area contributed by atoms with Gasteiger partial charge in [-0.25, -0.2) is 4.98 Å². The van der Waals surface area contributed by atoms with Crippen molar-refractivity contribution in [3.05, 3.63) is 69.8 Å². The van der Waals surface area contributed by atoms with Gasteiger partial charge in [0.25, 0.3) is 5.91 Å². The molecule has 0 atom stereocenters. The average molecular weight is 484 g/mol. The normalized spacial score (nSPS) is 16.9. The molecule has 5 rings (SSSR count). The zero-order chi connectivity index (χ0) is 22.9. The molecular formula is C24H23Cl2N5O2. The van der Waals surface area contributed by atoms with E-state index >= 15 is 0 Å². The molecule has 1 aromatic heterocycles. The maximum Gasteiger partial charge on any atom is 0.268 e. The summed E-state index contributed by atoms with van der Waals surface area (Å²) in [4.78, 5) is 25.5. The third kappa shape index (κ3) is 4.49. The number of ether oxygens (including phenoxy) is 1. The monoisotopic (exact) mass is 483 g/mol. The standard InChI is InChI=1S/C24H23Cl2N5O2/c1-30-11-9-16(10-12-30)15-5-7-17(8-6-15)28-24-27-13-18-22(29-24)33-14-31(23(18)32)21-19(25)3-2-4-20(21)26/h2-8,13,16H,9-12,14H2,1H3,(H,27,28,29). The van der Waals surface area contributed by atoms with E-state index in [1.807, 2.05) is 12.1 Å². The van der Waals surface area contributed by atoms with Crippen molar-refractivity contribution in [1.82, 2.24) is 14.9 Å². The van der Waals surface area contributed by atoms with Crippen LogP contribution in [0.2, 0.25) is 10.0 Å². The van der Waals surface area contributed by atoms with E-state index in [9.17, 15) is 4.79 Å². The Balaban J connectivity index is 1.30. The molecule has 2 aliphatic heterocycles. The highest BCUT2D eigenvalue weighted by atomic mass is 35.5. The van der Waals surface area contributed by atoms with Gasteiger partial charge in [0.1, 0.15) is 5.56 Å². The smallest absolute Gasteiger partial charge is 0.268 e. The molecule has 9 heteroatoms. The van der Waals surface area contributed by atoms with E-state index in [2.05, 4.69) is 39.4 Å². The minimum absolute atomic E-state index is 0.0446. The molecule has 33 heavy (non-hydrogen) atoms. The van der Waals surface area contributed by atoms with Crippen LogP contribution in [0.3, 0.4) is 0 Å². The second-order valence-corrected chi connectivity index (χ2v) is 9.13. The van der Waals surface area contributed by atoms with Crippen LogP contribution in [0, 0.1) is 0 Å². The highest BCUT2D eigenvalue weighted by Crippen LogP contribution is 2.37. The molecule has 0 radical (unpaired) electrons. The van der Waals surface area contributed by atoms with Crippen LogP contribution < -0.4 is 15.0 Å². The summed E-state index contributed by atoms with van der Waals surface area (Å²) in [6.45, 7) is 2.22. The van der Waals surface area contributed by atoms with Gasteiger partial charge in [0, 0.05) is 11.9 Å². The second kappa shape index (κ2) is 9.17. The SMILES string of the molecule is CN1CCC(c2ccc(Nc3ncc4c(n3)OCN(c3c(Cl)cccc3Cl)C4=O)cc2)CC1. The number of benzene rings is 2. The van der Waals surface area contributed by atoms with Crippen molar-refractivity contribution in [2.24, 2.45) is 0 Å². The van der Waals surface area contributed by atoms with Crippen molar-refractivity contribution in [1.29, 1.82) is 0 Å². The van der Waals surface area contributed by atoms with Gasteiger partial charge in [-0.15, -0.1) is 0 Å². The molecule has 0 bridgehead atoms. The summed E-state index contributed by atoms with van der Waals surface area (Å²) in [7, 11) is 2.17. The van der Waals surface area contributed by atoms with Gasteiger partial charge in [0.15, 0.2) is 6.73 Å². The van der Waals surface area contributed by atoms with Gasteiger partial charge < -0.3 is 15.0 Å². The second-order valence-electron chi connectivity index (χ2n) is 8.31. The Morgan fingerprint density at radius 2 is 1.76 bits per heavy atom. The van der Waals surface area contributed by atoms with Gasteiger partial charge in [-0.2, -0.15) is 4.98 Å². The van der Waals surface area contributed by atoms with Crippen LogP contribution >= 0.6 is 23.2 Å². The molecule has 0 saturated carbocycles. The number of carbonyl (C=O) groups is 1. The Bertz CT molecular complexity index is 1160. The first-order valence-electron chi connectivity index (χ1n) is 10.8. The van der Waals surface area contributed by atoms with Crippen molar-refractivity contribution in [3.8, 4) is 5.88 Å². The molecule has 1 N–H and O–H groups in total. The third-order valence-electron chi connectivity index (χ3n) is 6.12. The number of nitrogens with one attached hydrogen (secondary N) is 1. The molecule has 0 unspecified atom stereocenters. The Morgan fingerprint density at radius 1 is 1.06 bits per heavy atom. The lowest BCUT2D eigenvalue weighted by molar-refractivity contribution is 0.0932. The van der Waals surface area contributed by atoms with Crippen LogP contribution in [0.25, 0.3) is 0 Å². The van der Waals surface area contributed by atoms with Crippen LogP contribution in [-0.4, -0.2) is 47.6 Å². The quantitative estimate of drug-likeness (QED) is 0.540. The number of nitrogens with zero attached hydrogens (tertiary/aromatic N) is 4.